The van der Waals surface area contributed by atoms with Gasteiger partial charge in [-0.05, 0) is 43.0 Å². The van der Waals surface area contributed by atoms with Gasteiger partial charge in [0.2, 0.25) is 17.6 Å². The number of rotatable bonds is 9. The first-order valence-electron chi connectivity index (χ1n) is 12.6. The molecule has 1 unspecified atom stereocenters. The molecule has 0 bridgehead atoms. The van der Waals surface area contributed by atoms with E-state index < -0.39 is 5.92 Å². The van der Waals surface area contributed by atoms with Crippen molar-refractivity contribution in [2.75, 3.05) is 45.9 Å². The lowest BCUT2D eigenvalue weighted by molar-refractivity contribution is -0.126. The zero-order valence-corrected chi connectivity index (χ0v) is 21.7. The Balaban J connectivity index is 1.39. The Morgan fingerprint density at radius 1 is 1.00 bits per heavy atom. The fourth-order valence-electron chi connectivity index (χ4n) is 5.03. The maximum atomic E-state index is 13.1. The molecule has 0 saturated carbocycles. The Labute approximate surface area is 213 Å². The van der Waals surface area contributed by atoms with Gasteiger partial charge in [-0.1, -0.05) is 31.2 Å². The zero-order chi connectivity index (χ0) is 25.7. The van der Waals surface area contributed by atoms with Crippen LogP contribution in [0.3, 0.4) is 0 Å². The monoisotopic (exact) mass is 495 g/mol. The van der Waals surface area contributed by atoms with E-state index in [0.717, 1.165) is 31.1 Å². The minimum Gasteiger partial charge on any atom is -0.493 e. The van der Waals surface area contributed by atoms with Crippen molar-refractivity contribution in [3.63, 3.8) is 0 Å². The predicted molar refractivity (Wildman–Crippen MR) is 139 cm³/mol. The first-order valence-corrected chi connectivity index (χ1v) is 12.6. The van der Waals surface area contributed by atoms with E-state index in [1.165, 1.54) is 39.7 Å². The van der Waals surface area contributed by atoms with Crippen molar-refractivity contribution in [1.82, 2.24) is 10.2 Å². The quantitative estimate of drug-likeness (QED) is 0.573. The Morgan fingerprint density at radius 3 is 2.25 bits per heavy atom. The van der Waals surface area contributed by atoms with Gasteiger partial charge in [0.1, 0.15) is 0 Å². The molecule has 36 heavy (non-hydrogen) atoms. The second-order valence-electron chi connectivity index (χ2n) is 9.73. The van der Waals surface area contributed by atoms with Crippen LogP contribution in [0.15, 0.2) is 36.4 Å². The van der Waals surface area contributed by atoms with E-state index >= 15 is 0 Å². The molecule has 2 fully saturated rings. The third-order valence-corrected chi connectivity index (χ3v) is 7.30. The predicted octanol–water partition coefficient (Wildman–Crippen LogP) is 3.61. The number of ether oxygens (including phenoxy) is 3. The van der Waals surface area contributed by atoms with Crippen LogP contribution in [0.1, 0.15) is 37.3 Å². The topological polar surface area (TPSA) is 80.3 Å². The standard InChI is InChI=1S/C28H37N3O5/c1-19-9-11-30(12-10-19)17-21-8-6-5-7-20(21)16-29-28(33)22-13-26(32)31(18-22)23-14-24(34-2)27(36-4)25(15-23)35-3/h5-8,14-15,19,22H,9-13,16-18H2,1-4H3,(H,29,33). The van der Waals surface area contributed by atoms with Gasteiger partial charge in [0.15, 0.2) is 11.5 Å². The van der Waals surface area contributed by atoms with E-state index in [0.29, 0.717) is 36.0 Å². The summed E-state index contributed by atoms with van der Waals surface area (Å²) in [5, 5.41) is 3.08. The number of nitrogens with one attached hydrogen (secondary N) is 1. The highest BCUT2D eigenvalue weighted by Gasteiger charge is 2.36. The SMILES string of the molecule is COc1cc(N2CC(C(=O)NCc3ccccc3CN3CCC(C)CC3)CC2=O)cc(OC)c1OC. The smallest absolute Gasteiger partial charge is 0.227 e. The van der Waals surface area contributed by atoms with Gasteiger partial charge in [0.05, 0.1) is 32.9 Å². The van der Waals surface area contributed by atoms with Gasteiger partial charge in [0.25, 0.3) is 0 Å². The molecule has 2 saturated heterocycles. The highest BCUT2D eigenvalue weighted by Crippen LogP contribution is 2.42. The van der Waals surface area contributed by atoms with E-state index in [9.17, 15) is 9.59 Å². The molecule has 1 atom stereocenters. The van der Waals surface area contributed by atoms with Gasteiger partial charge in [-0.2, -0.15) is 0 Å². The molecule has 2 amide bonds. The lowest BCUT2D eigenvalue weighted by atomic mass is 9.98. The molecule has 1 N–H and O–H groups in total. The number of likely N-dealkylation sites (tertiary alicyclic amines) is 1. The van der Waals surface area contributed by atoms with Crippen molar-refractivity contribution in [2.24, 2.45) is 11.8 Å². The van der Waals surface area contributed by atoms with Crippen LogP contribution < -0.4 is 24.4 Å². The maximum Gasteiger partial charge on any atom is 0.227 e. The molecule has 0 spiro atoms. The molecular formula is C28H37N3O5. The largest absolute Gasteiger partial charge is 0.493 e. The zero-order valence-electron chi connectivity index (χ0n) is 21.7. The van der Waals surface area contributed by atoms with E-state index in [-0.39, 0.29) is 18.2 Å². The number of benzene rings is 2. The summed E-state index contributed by atoms with van der Waals surface area (Å²) in [5.74, 6) is 1.54. The third kappa shape index (κ3) is 5.75. The Kier molecular flexibility index (Phi) is 8.36. The van der Waals surface area contributed by atoms with Crippen LogP contribution in [0.5, 0.6) is 17.2 Å². The second kappa shape index (κ2) is 11.6. The summed E-state index contributed by atoms with van der Waals surface area (Å²) in [6.45, 7) is 6.20. The van der Waals surface area contributed by atoms with E-state index in [1.807, 2.05) is 6.07 Å². The van der Waals surface area contributed by atoms with E-state index in [1.54, 1.807) is 17.0 Å². The number of carbonyl (C=O) groups is 2. The Bertz CT molecular complexity index is 1060. The summed E-state index contributed by atoms with van der Waals surface area (Å²) in [6.07, 6.45) is 2.63. The molecule has 2 aliphatic heterocycles. The summed E-state index contributed by atoms with van der Waals surface area (Å²) in [4.78, 5) is 30.0. The van der Waals surface area contributed by atoms with Crippen LogP contribution in [-0.4, -0.2) is 57.7 Å². The van der Waals surface area contributed by atoms with Crippen LogP contribution in [0.4, 0.5) is 5.69 Å². The normalized spacial score (nSPS) is 18.8. The average Bonchev–Trinajstić information content (AvgIpc) is 3.30. The molecule has 8 nitrogen and oxygen atoms in total. The van der Waals surface area contributed by atoms with Crippen molar-refractivity contribution in [2.45, 2.75) is 39.3 Å². The number of hydrogen-bond donors (Lipinski definition) is 1. The minimum absolute atomic E-state index is 0.107. The molecule has 2 aromatic carbocycles. The molecule has 0 aliphatic carbocycles. The lowest BCUT2D eigenvalue weighted by Crippen LogP contribution is -2.34. The van der Waals surface area contributed by atoms with E-state index in [2.05, 4.69) is 35.3 Å². The first-order chi connectivity index (χ1) is 17.4. The van der Waals surface area contributed by atoms with Crippen LogP contribution in [0.25, 0.3) is 0 Å². The molecule has 0 radical (unpaired) electrons. The molecular weight excluding hydrogens is 458 g/mol. The van der Waals surface area contributed by atoms with Gasteiger partial charge < -0.3 is 24.4 Å². The van der Waals surface area contributed by atoms with Crippen LogP contribution in [0, 0.1) is 11.8 Å². The molecule has 0 aromatic heterocycles. The van der Waals surface area contributed by atoms with Crippen molar-refractivity contribution in [1.29, 1.82) is 0 Å². The summed E-state index contributed by atoms with van der Waals surface area (Å²) in [5.41, 5.74) is 2.98. The summed E-state index contributed by atoms with van der Waals surface area (Å²) in [7, 11) is 4.60. The highest BCUT2D eigenvalue weighted by molar-refractivity contribution is 6.00. The van der Waals surface area contributed by atoms with Gasteiger partial charge in [0, 0.05) is 38.2 Å². The number of methoxy groups -OCH3 is 3. The summed E-state index contributed by atoms with van der Waals surface area (Å²) in [6, 6.07) is 11.7. The van der Waals surface area contributed by atoms with E-state index in [4.69, 9.17) is 14.2 Å². The van der Waals surface area contributed by atoms with Gasteiger partial charge in [-0.3, -0.25) is 14.5 Å². The lowest BCUT2D eigenvalue weighted by Gasteiger charge is -2.30. The Hall–Kier alpha value is -3.26. The summed E-state index contributed by atoms with van der Waals surface area (Å²) >= 11 is 0. The van der Waals surface area contributed by atoms with Crippen LogP contribution in [-0.2, 0) is 22.7 Å². The van der Waals surface area contributed by atoms with Crippen molar-refractivity contribution in [3.05, 3.63) is 47.5 Å². The van der Waals surface area contributed by atoms with Crippen molar-refractivity contribution < 1.29 is 23.8 Å². The van der Waals surface area contributed by atoms with Crippen LogP contribution >= 0.6 is 0 Å². The Morgan fingerprint density at radius 2 is 1.64 bits per heavy atom. The second-order valence-corrected chi connectivity index (χ2v) is 9.73. The molecule has 2 aromatic rings. The van der Waals surface area contributed by atoms with Crippen molar-refractivity contribution in [3.8, 4) is 17.2 Å². The fourth-order valence-corrected chi connectivity index (χ4v) is 5.03. The maximum absolute atomic E-state index is 13.1. The van der Waals surface area contributed by atoms with Gasteiger partial charge >= 0.3 is 0 Å². The molecule has 2 aliphatic rings. The van der Waals surface area contributed by atoms with Crippen molar-refractivity contribution >= 4 is 17.5 Å². The third-order valence-electron chi connectivity index (χ3n) is 7.30. The van der Waals surface area contributed by atoms with Gasteiger partial charge in [-0.25, -0.2) is 0 Å². The minimum atomic E-state index is -0.424. The first kappa shape index (κ1) is 25.8. The molecule has 194 valence electrons. The number of nitrogens with zero attached hydrogens (tertiary/aromatic N) is 2. The number of piperidine rings is 1. The summed E-state index contributed by atoms with van der Waals surface area (Å²) < 4.78 is 16.2. The number of amides is 2. The number of carbonyl (C=O) groups excluding carboxylic acids is 2. The number of hydrogen-bond acceptors (Lipinski definition) is 6. The fraction of sp³-hybridized carbons (Fsp3) is 0.500. The molecule has 4 rings (SSSR count). The average molecular weight is 496 g/mol. The van der Waals surface area contributed by atoms with Gasteiger partial charge in [-0.15, -0.1) is 0 Å². The van der Waals surface area contributed by atoms with Crippen LogP contribution in [0.2, 0.25) is 0 Å². The molecule has 2 heterocycles. The number of anilines is 1. The highest BCUT2D eigenvalue weighted by atomic mass is 16.5. The molecule has 8 heteroatoms.